The van der Waals surface area contributed by atoms with Crippen LogP contribution in [-0.4, -0.2) is 24.0 Å². The van der Waals surface area contributed by atoms with E-state index in [2.05, 4.69) is 5.32 Å². The van der Waals surface area contributed by atoms with Crippen LogP contribution in [0.4, 0.5) is 18.9 Å². The number of carbonyl (C=O) groups is 1. The number of rotatable bonds is 4. The van der Waals surface area contributed by atoms with Crippen molar-refractivity contribution in [2.45, 2.75) is 18.3 Å². The van der Waals surface area contributed by atoms with Gasteiger partial charge in [-0.05, 0) is 24.5 Å². The molecule has 0 saturated carbocycles. The van der Waals surface area contributed by atoms with Crippen molar-refractivity contribution in [3.05, 3.63) is 29.3 Å². The summed E-state index contributed by atoms with van der Waals surface area (Å²) in [5, 5.41) is 2.74. The van der Waals surface area contributed by atoms with Gasteiger partial charge in [0, 0.05) is 17.5 Å². The van der Waals surface area contributed by atoms with Crippen LogP contribution in [0.15, 0.2) is 18.2 Å². The predicted molar refractivity (Wildman–Crippen MR) is 71.2 cm³/mol. The molecule has 0 radical (unpaired) electrons. The van der Waals surface area contributed by atoms with Crippen LogP contribution in [0.25, 0.3) is 0 Å². The molecule has 0 fully saturated rings. The van der Waals surface area contributed by atoms with Crippen LogP contribution < -0.4 is 11.1 Å². The minimum absolute atomic E-state index is 0.0299. The Labute approximate surface area is 113 Å². The molecule has 0 spiro atoms. The Morgan fingerprint density at radius 3 is 2.63 bits per heavy atom. The molecule has 0 bridgehead atoms. The van der Waals surface area contributed by atoms with Gasteiger partial charge in [0.1, 0.15) is 0 Å². The predicted octanol–water partition coefficient (Wildman–Crippen LogP) is 2.77. The van der Waals surface area contributed by atoms with E-state index in [1.807, 2.05) is 13.2 Å². The molecule has 19 heavy (non-hydrogen) atoms. The van der Waals surface area contributed by atoms with Crippen molar-refractivity contribution in [3.63, 3.8) is 0 Å². The fourth-order valence-electron chi connectivity index (χ4n) is 1.34. The third-order valence-electron chi connectivity index (χ3n) is 2.58. The van der Waals surface area contributed by atoms with E-state index in [0.29, 0.717) is 6.54 Å². The summed E-state index contributed by atoms with van der Waals surface area (Å²) in [6.07, 6.45) is -2.61. The average molecular weight is 292 g/mol. The fourth-order valence-corrected chi connectivity index (χ4v) is 1.59. The molecular formula is C12H15F3N2OS. The Kier molecular flexibility index (Phi) is 5.11. The van der Waals surface area contributed by atoms with Crippen molar-refractivity contribution in [3.8, 4) is 0 Å². The summed E-state index contributed by atoms with van der Waals surface area (Å²) in [5.41, 5.74) is 4.53. The molecule has 0 saturated heterocycles. The van der Waals surface area contributed by atoms with Gasteiger partial charge in [-0.25, -0.2) is 0 Å². The number of hydrogen-bond acceptors (Lipinski definition) is 3. The molecule has 3 N–H and O–H groups in total. The van der Waals surface area contributed by atoms with Gasteiger partial charge in [0.2, 0.25) is 0 Å². The molecule has 0 heterocycles. The number of thioether (sulfide) groups is 1. The number of hydrogen-bond donors (Lipinski definition) is 2. The van der Waals surface area contributed by atoms with Crippen molar-refractivity contribution < 1.29 is 18.0 Å². The van der Waals surface area contributed by atoms with Gasteiger partial charge in [-0.2, -0.15) is 24.9 Å². The molecule has 0 aliphatic carbocycles. The lowest BCUT2D eigenvalue weighted by atomic mass is 10.1. The van der Waals surface area contributed by atoms with Gasteiger partial charge in [0.05, 0.1) is 11.1 Å². The van der Waals surface area contributed by atoms with Crippen LogP contribution in [0, 0.1) is 0 Å². The van der Waals surface area contributed by atoms with Gasteiger partial charge in [-0.1, -0.05) is 6.92 Å². The average Bonchev–Trinajstić information content (AvgIpc) is 2.34. The molecule has 0 aliphatic rings. The van der Waals surface area contributed by atoms with Gasteiger partial charge in [-0.3, -0.25) is 4.79 Å². The maximum absolute atomic E-state index is 12.6. The summed E-state index contributed by atoms with van der Waals surface area (Å²) in [7, 11) is 0. The second kappa shape index (κ2) is 6.18. The molecule has 0 aliphatic heterocycles. The zero-order chi connectivity index (χ0) is 14.6. The van der Waals surface area contributed by atoms with Gasteiger partial charge >= 0.3 is 6.18 Å². The normalized spacial score (nSPS) is 13.1. The van der Waals surface area contributed by atoms with Crippen LogP contribution in [0.3, 0.4) is 0 Å². The van der Waals surface area contributed by atoms with Crippen LogP contribution in [0.5, 0.6) is 0 Å². The molecule has 1 unspecified atom stereocenters. The number of nitrogen functional groups attached to an aromatic ring is 1. The minimum atomic E-state index is -4.49. The Balaban J connectivity index is 2.90. The van der Waals surface area contributed by atoms with E-state index >= 15 is 0 Å². The van der Waals surface area contributed by atoms with Crippen LogP contribution in [0.2, 0.25) is 0 Å². The molecule has 0 aromatic heterocycles. The van der Waals surface area contributed by atoms with E-state index in [9.17, 15) is 18.0 Å². The standard InChI is InChI=1S/C12H15F3N2OS/c1-7(19-2)6-17-11(18)9-5-8(12(13,14)15)3-4-10(9)16/h3-5,7H,6,16H2,1-2H3,(H,17,18). The zero-order valence-electron chi connectivity index (χ0n) is 10.5. The third-order valence-corrected chi connectivity index (χ3v) is 3.55. The number of anilines is 1. The highest BCUT2D eigenvalue weighted by Crippen LogP contribution is 2.31. The first-order chi connectivity index (χ1) is 8.75. The lowest BCUT2D eigenvalue weighted by Crippen LogP contribution is -2.30. The Morgan fingerprint density at radius 2 is 2.11 bits per heavy atom. The van der Waals surface area contributed by atoms with Gasteiger partial charge in [0.25, 0.3) is 5.91 Å². The molecule has 1 amide bonds. The Hall–Kier alpha value is -1.37. The summed E-state index contributed by atoms with van der Waals surface area (Å²) >= 11 is 1.55. The van der Waals surface area contributed by atoms with Crippen molar-refractivity contribution in [1.29, 1.82) is 0 Å². The molecular weight excluding hydrogens is 277 g/mol. The van der Waals surface area contributed by atoms with E-state index in [1.165, 1.54) is 0 Å². The Bertz CT molecular complexity index is 463. The first-order valence-electron chi connectivity index (χ1n) is 5.53. The molecule has 1 rings (SSSR count). The highest BCUT2D eigenvalue weighted by Gasteiger charge is 2.31. The number of nitrogens with two attached hydrogens (primary N) is 1. The lowest BCUT2D eigenvalue weighted by Gasteiger charge is -2.13. The summed E-state index contributed by atoms with van der Waals surface area (Å²) < 4.78 is 37.7. The van der Waals surface area contributed by atoms with Gasteiger partial charge in [-0.15, -0.1) is 0 Å². The van der Waals surface area contributed by atoms with E-state index in [4.69, 9.17) is 5.73 Å². The number of nitrogens with one attached hydrogen (secondary N) is 1. The van der Waals surface area contributed by atoms with Gasteiger partial charge in [0.15, 0.2) is 0 Å². The number of benzene rings is 1. The van der Waals surface area contributed by atoms with E-state index in [1.54, 1.807) is 11.8 Å². The smallest absolute Gasteiger partial charge is 0.398 e. The van der Waals surface area contributed by atoms with Crippen molar-refractivity contribution in [1.82, 2.24) is 5.32 Å². The lowest BCUT2D eigenvalue weighted by molar-refractivity contribution is -0.137. The number of halogens is 3. The minimum Gasteiger partial charge on any atom is -0.398 e. The number of amides is 1. The maximum atomic E-state index is 12.6. The van der Waals surface area contributed by atoms with Crippen molar-refractivity contribution >= 4 is 23.4 Å². The van der Waals surface area contributed by atoms with Crippen LogP contribution in [0.1, 0.15) is 22.8 Å². The third kappa shape index (κ3) is 4.34. The number of alkyl halides is 3. The van der Waals surface area contributed by atoms with Crippen LogP contribution >= 0.6 is 11.8 Å². The second-order valence-corrected chi connectivity index (χ2v) is 5.33. The molecule has 106 valence electrons. The second-order valence-electron chi connectivity index (χ2n) is 4.06. The fraction of sp³-hybridized carbons (Fsp3) is 0.417. The van der Waals surface area contributed by atoms with E-state index in [-0.39, 0.29) is 16.5 Å². The topological polar surface area (TPSA) is 55.1 Å². The molecule has 3 nitrogen and oxygen atoms in total. The summed E-state index contributed by atoms with van der Waals surface area (Å²) in [5.74, 6) is -0.593. The molecule has 1 atom stereocenters. The van der Waals surface area contributed by atoms with Crippen molar-refractivity contribution in [2.75, 3.05) is 18.5 Å². The number of carbonyl (C=O) groups excluding carboxylic acids is 1. The first kappa shape index (κ1) is 15.7. The zero-order valence-corrected chi connectivity index (χ0v) is 11.4. The largest absolute Gasteiger partial charge is 0.416 e. The molecule has 7 heteroatoms. The van der Waals surface area contributed by atoms with Gasteiger partial charge < -0.3 is 11.1 Å². The monoisotopic (exact) mass is 292 g/mol. The van der Waals surface area contributed by atoms with Crippen LogP contribution in [-0.2, 0) is 6.18 Å². The van der Waals surface area contributed by atoms with E-state index in [0.717, 1.165) is 18.2 Å². The summed E-state index contributed by atoms with van der Waals surface area (Å²) in [4.78, 5) is 11.8. The maximum Gasteiger partial charge on any atom is 0.416 e. The molecule has 1 aromatic carbocycles. The highest BCUT2D eigenvalue weighted by molar-refractivity contribution is 7.99. The summed E-state index contributed by atoms with van der Waals surface area (Å²) in [6.45, 7) is 2.27. The van der Waals surface area contributed by atoms with E-state index < -0.39 is 17.6 Å². The highest BCUT2D eigenvalue weighted by atomic mass is 32.2. The SMILES string of the molecule is CSC(C)CNC(=O)c1cc(C(F)(F)F)ccc1N. The molecule has 1 aromatic rings. The quantitative estimate of drug-likeness (QED) is 0.839. The summed E-state index contributed by atoms with van der Waals surface area (Å²) in [6, 6.07) is 2.72. The van der Waals surface area contributed by atoms with Crippen molar-refractivity contribution in [2.24, 2.45) is 0 Å². The Morgan fingerprint density at radius 1 is 1.47 bits per heavy atom. The first-order valence-corrected chi connectivity index (χ1v) is 6.82.